The summed E-state index contributed by atoms with van der Waals surface area (Å²) in [6, 6.07) is 11.6. The Labute approximate surface area is 108 Å². The van der Waals surface area contributed by atoms with Gasteiger partial charge in [0.05, 0.1) is 9.82 Å². The van der Waals surface area contributed by atoms with Crippen molar-refractivity contribution in [3.8, 4) is 0 Å². The summed E-state index contributed by atoms with van der Waals surface area (Å²) in [5.74, 6) is -0.808. The number of rotatable bonds is 3. The first kappa shape index (κ1) is 12.6. The molecule has 0 heterocycles. The summed E-state index contributed by atoms with van der Waals surface area (Å²) in [5, 5.41) is 10.8. The van der Waals surface area contributed by atoms with E-state index in [0.717, 1.165) is 16.5 Å². The van der Waals surface area contributed by atoms with Crippen molar-refractivity contribution in [2.45, 2.75) is 16.7 Å². The van der Waals surface area contributed by atoms with Gasteiger partial charge in [-0.25, -0.2) is 0 Å². The van der Waals surface area contributed by atoms with Gasteiger partial charge < -0.3 is 0 Å². The number of hydrogen-bond donors (Lipinski definition) is 0. The van der Waals surface area contributed by atoms with Gasteiger partial charge in [-0.1, -0.05) is 35.5 Å². The number of nitro benzene ring substituents is 1. The lowest BCUT2D eigenvalue weighted by molar-refractivity contribution is -0.390. The highest BCUT2D eigenvalue weighted by atomic mass is 32.2. The molecule has 18 heavy (non-hydrogen) atoms. The molecule has 0 atom stereocenters. The summed E-state index contributed by atoms with van der Waals surface area (Å²) in [7, 11) is 0. The first-order valence-corrected chi connectivity index (χ1v) is 6.07. The van der Waals surface area contributed by atoms with Crippen molar-refractivity contribution in [1.29, 1.82) is 0 Å². The summed E-state index contributed by atoms with van der Waals surface area (Å²) in [6.45, 7) is 1.96. The van der Waals surface area contributed by atoms with Crippen LogP contribution >= 0.6 is 11.8 Å². The van der Waals surface area contributed by atoms with E-state index in [1.807, 2.05) is 31.2 Å². The molecular formula is C13H10FNO2S. The minimum absolute atomic E-state index is 0.309. The topological polar surface area (TPSA) is 43.1 Å². The summed E-state index contributed by atoms with van der Waals surface area (Å²) < 4.78 is 13.4. The highest BCUT2D eigenvalue weighted by molar-refractivity contribution is 7.99. The predicted molar refractivity (Wildman–Crippen MR) is 68.4 cm³/mol. The molecule has 0 aromatic heterocycles. The summed E-state index contributed by atoms with van der Waals surface area (Å²) in [6.07, 6.45) is 0. The number of nitro groups is 1. The Morgan fingerprint density at radius 2 is 1.83 bits per heavy atom. The third-order valence-corrected chi connectivity index (χ3v) is 3.44. The molecular weight excluding hydrogens is 253 g/mol. The Morgan fingerprint density at radius 1 is 1.17 bits per heavy atom. The number of benzene rings is 2. The van der Waals surface area contributed by atoms with Gasteiger partial charge in [-0.2, -0.15) is 4.39 Å². The van der Waals surface area contributed by atoms with Crippen molar-refractivity contribution in [2.75, 3.05) is 0 Å². The van der Waals surface area contributed by atoms with Crippen molar-refractivity contribution < 1.29 is 9.31 Å². The van der Waals surface area contributed by atoms with Crippen LogP contribution in [0.25, 0.3) is 0 Å². The third-order valence-electron chi connectivity index (χ3n) is 2.38. The molecule has 0 aliphatic heterocycles. The maximum atomic E-state index is 13.4. The zero-order valence-electron chi connectivity index (χ0n) is 9.59. The number of halogens is 1. The Hall–Kier alpha value is -1.88. The summed E-state index contributed by atoms with van der Waals surface area (Å²) in [4.78, 5) is 11.3. The monoisotopic (exact) mass is 263 g/mol. The first-order chi connectivity index (χ1) is 8.58. The van der Waals surface area contributed by atoms with Gasteiger partial charge in [0.2, 0.25) is 5.82 Å². The Balaban J connectivity index is 2.37. The minimum atomic E-state index is -0.808. The lowest BCUT2D eigenvalue weighted by Crippen LogP contribution is -1.94. The molecule has 0 N–H and O–H groups in total. The van der Waals surface area contributed by atoms with Crippen LogP contribution in [0.3, 0.4) is 0 Å². The van der Waals surface area contributed by atoms with Crippen LogP contribution in [0.15, 0.2) is 52.3 Å². The molecule has 2 rings (SSSR count). The maximum Gasteiger partial charge on any atom is 0.318 e. The fourth-order valence-corrected chi connectivity index (χ4v) is 2.43. The van der Waals surface area contributed by atoms with Gasteiger partial charge in [0, 0.05) is 4.90 Å². The van der Waals surface area contributed by atoms with E-state index in [1.54, 1.807) is 6.07 Å². The quantitative estimate of drug-likeness (QED) is 0.616. The Bertz CT molecular complexity index is 584. The smallest absolute Gasteiger partial charge is 0.258 e. The molecule has 0 bridgehead atoms. The Morgan fingerprint density at radius 3 is 2.44 bits per heavy atom. The van der Waals surface area contributed by atoms with Crippen LogP contribution in [0, 0.1) is 22.9 Å². The van der Waals surface area contributed by atoms with Gasteiger partial charge >= 0.3 is 5.69 Å². The molecule has 0 radical (unpaired) electrons. The molecule has 0 fully saturated rings. The second kappa shape index (κ2) is 5.18. The molecule has 0 unspecified atom stereocenters. The van der Waals surface area contributed by atoms with E-state index in [1.165, 1.54) is 17.8 Å². The van der Waals surface area contributed by atoms with Crippen LogP contribution in [0.4, 0.5) is 10.1 Å². The number of hydrogen-bond acceptors (Lipinski definition) is 3. The number of aryl methyl sites for hydroxylation is 1. The lowest BCUT2D eigenvalue weighted by Gasteiger charge is -2.03. The van der Waals surface area contributed by atoms with E-state index in [9.17, 15) is 14.5 Å². The second-order valence-corrected chi connectivity index (χ2v) is 4.87. The van der Waals surface area contributed by atoms with Crippen LogP contribution in [0.1, 0.15) is 5.56 Å². The first-order valence-electron chi connectivity index (χ1n) is 5.25. The van der Waals surface area contributed by atoms with E-state index in [0.29, 0.717) is 4.90 Å². The van der Waals surface area contributed by atoms with Gasteiger partial charge in [0.25, 0.3) is 0 Å². The average Bonchev–Trinajstić information content (AvgIpc) is 2.32. The summed E-state index contributed by atoms with van der Waals surface area (Å²) in [5.41, 5.74) is 0.635. The van der Waals surface area contributed by atoms with Gasteiger partial charge in [0.1, 0.15) is 0 Å². The Kier molecular flexibility index (Phi) is 3.62. The molecule has 0 aliphatic carbocycles. The molecule has 0 amide bonds. The molecule has 0 spiro atoms. The van der Waals surface area contributed by atoms with Crippen LogP contribution in [0.5, 0.6) is 0 Å². The van der Waals surface area contributed by atoms with Crippen molar-refractivity contribution >= 4 is 17.4 Å². The van der Waals surface area contributed by atoms with Gasteiger partial charge in [-0.3, -0.25) is 10.1 Å². The molecule has 2 aromatic carbocycles. The van der Waals surface area contributed by atoms with E-state index in [2.05, 4.69) is 0 Å². The molecule has 0 saturated heterocycles. The van der Waals surface area contributed by atoms with Crippen molar-refractivity contribution in [2.24, 2.45) is 0 Å². The van der Waals surface area contributed by atoms with Crippen LogP contribution in [-0.2, 0) is 0 Å². The van der Waals surface area contributed by atoms with Gasteiger partial charge in [-0.15, -0.1) is 0 Å². The average molecular weight is 263 g/mol. The van der Waals surface area contributed by atoms with Crippen molar-refractivity contribution in [3.63, 3.8) is 0 Å². The summed E-state index contributed by atoms with van der Waals surface area (Å²) >= 11 is 1.18. The zero-order chi connectivity index (χ0) is 13.1. The van der Waals surface area contributed by atoms with E-state index >= 15 is 0 Å². The van der Waals surface area contributed by atoms with E-state index < -0.39 is 16.4 Å². The standard InChI is InChI=1S/C13H10FNO2S/c1-9-5-7-10(8-6-9)18-12-4-2-3-11(14)13(12)15(16)17/h2-8H,1H3. The van der Waals surface area contributed by atoms with Crippen molar-refractivity contribution in [3.05, 3.63) is 64.0 Å². The largest absolute Gasteiger partial charge is 0.318 e. The maximum absolute atomic E-state index is 13.4. The molecule has 92 valence electrons. The van der Waals surface area contributed by atoms with Crippen LogP contribution < -0.4 is 0 Å². The molecule has 5 heteroatoms. The highest BCUT2D eigenvalue weighted by Crippen LogP contribution is 2.36. The van der Waals surface area contributed by atoms with Crippen LogP contribution in [-0.4, -0.2) is 4.92 Å². The second-order valence-electron chi connectivity index (χ2n) is 3.76. The van der Waals surface area contributed by atoms with E-state index in [-0.39, 0.29) is 0 Å². The number of para-hydroxylation sites is 1. The fraction of sp³-hybridized carbons (Fsp3) is 0.0769. The minimum Gasteiger partial charge on any atom is -0.258 e. The fourth-order valence-electron chi connectivity index (χ4n) is 1.49. The van der Waals surface area contributed by atoms with Gasteiger partial charge in [-0.05, 0) is 31.2 Å². The third kappa shape index (κ3) is 2.68. The lowest BCUT2D eigenvalue weighted by atomic mass is 10.2. The molecule has 3 nitrogen and oxygen atoms in total. The number of nitrogens with zero attached hydrogens (tertiary/aromatic N) is 1. The zero-order valence-corrected chi connectivity index (χ0v) is 10.4. The van der Waals surface area contributed by atoms with E-state index in [4.69, 9.17) is 0 Å². The normalized spacial score (nSPS) is 10.3. The highest BCUT2D eigenvalue weighted by Gasteiger charge is 2.20. The molecule has 2 aromatic rings. The molecule has 0 aliphatic rings. The molecule has 0 saturated carbocycles. The van der Waals surface area contributed by atoms with Gasteiger partial charge in [0.15, 0.2) is 0 Å². The SMILES string of the molecule is Cc1ccc(Sc2cccc(F)c2[N+](=O)[O-])cc1. The van der Waals surface area contributed by atoms with Crippen molar-refractivity contribution in [1.82, 2.24) is 0 Å². The predicted octanol–water partition coefficient (Wildman–Crippen LogP) is 4.19. The van der Waals surface area contributed by atoms with Crippen LogP contribution in [0.2, 0.25) is 0 Å².